The molecule has 2 aromatic carbocycles. The average molecular weight is 631 g/mol. The van der Waals surface area contributed by atoms with Crippen molar-refractivity contribution in [2.45, 2.75) is 66.1 Å². The van der Waals surface area contributed by atoms with Crippen molar-refractivity contribution in [2.75, 3.05) is 18.1 Å². The highest BCUT2D eigenvalue weighted by Crippen LogP contribution is 2.28. The Hall–Kier alpha value is -3.20. The van der Waals surface area contributed by atoms with Crippen LogP contribution in [0.2, 0.25) is 0 Å². The minimum Gasteiger partial charge on any atom is -0.431 e. The Morgan fingerprint density at radius 3 is 1.95 bits per heavy atom. The monoisotopic (exact) mass is 630 g/mol. The quantitative estimate of drug-likeness (QED) is 0.140. The molecule has 0 aliphatic heterocycles. The van der Waals surface area contributed by atoms with E-state index in [1.807, 2.05) is 6.07 Å². The second-order valence-corrected chi connectivity index (χ2v) is 13.7. The summed E-state index contributed by atoms with van der Waals surface area (Å²) in [5.41, 5.74) is -0.525. The first kappa shape index (κ1) is 35.0. The molecule has 2 rings (SSSR count). The molecule has 2 aromatic rings. The fraction of sp³-hybridized carbons (Fsp3) is 0.500. The van der Waals surface area contributed by atoms with Crippen LogP contribution in [-0.2, 0) is 54.8 Å². The number of para-hydroxylation sites is 1. The van der Waals surface area contributed by atoms with Crippen molar-refractivity contribution in [3.05, 3.63) is 66.2 Å². The van der Waals surface area contributed by atoms with E-state index < -0.39 is 74.4 Å². The third-order valence-electron chi connectivity index (χ3n) is 5.43. The van der Waals surface area contributed by atoms with Gasteiger partial charge in [0.25, 0.3) is 10.1 Å². The van der Waals surface area contributed by atoms with Crippen molar-refractivity contribution in [2.24, 2.45) is 5.41 Å². The topological polar surface area (TPSA) is 158 Å². The van der Waals surface area contributed by atoms with Crippen LogP contribution in [0.5, 0.6) is 5.75 Å². The Balaban J connectivity index is 2.02. The molecule has 0 aromatic heterocycles. The van der Waals surface area contributed by atoms with Gasteiger partial charge in [0.05, 0.1) is 30.8 Å². The zero-order chi connectivity index (χ0) is 31.4. The van der Waals surface area contributed by atoms with Gasteiger partial charge in [-0.25, -0.2) is 9.59 Å². The van der Waals surface area contributed by atoms with E-state index in [0.717, 1.165) is 5.56 Å². The van der Waals surface area contributed by atoms with Crippen molar-refractivity contribution in [3.63, 3.8) is 0 Å². The van der Waals surface area contributed by atoms with Gasteiger partial charge < -0.3 is 23.1 Å². The molecule has 0 spiro atoms. The first-order valence-electron chi connectivity index (χ1n) is 13.2. The molecule has 0 amide bonds. The van der Waals surface area contributed by atoms with E-state index in [9.17, 15) is 26.4 Å². The Labute approximate surface area is 247 Å². The zero-order valence-electron chi connectivity index (χ0n) is 24.3. The number of carbonyl (C=O) groups excluding carboxylic acids is 2. The van der Waals surface area contributed by atoms with Gasteiger partial charge in [0.1, 0.15) is 5.75 Å². The summed E-state index contributed by atoms with van der Waals surface area (Å²) in [6, 6.07) is 16.8. The summed E-state index contributed by atoms with van der Waals surface area (Å²) in [4.78, 5) is 24.9. The number of carbonyl (C=O) groups is 2. The van der Waals surface area contributed by atoms with E-state index in [4.69, 9.17) is 27.3 Å². The first-order chi connectivity index (χ1) is 19.6. The summed E-state index contributed by atoms with van der Waals surface area (Å²) >= 11 is 0. The highest BCUT2D eigenvalue weighted by Gasteiger charge is 2.40. The molecule has 0 aliphatic rings. The number of rotatable bonds is 17. The highest BCUT2D eigenvalue weighted by atomic mass is 32.2. The van der Waals surface area contributed by atoms with Crippen LogP contribution >= 0.6 is 0 Å². The molecule has 0 N–H and O–H groups in total. The number of benzene rings is 2. The van der Waals surface area contributed by atoms with E-state index in [-0.39, 0.29) is 18.8 Å². The van der Waals surface area contributed by atoms with Gasteiger partial charge in [0.15, 0.2) is 6.10 Å². The lowest BCUT2D eigenvalue weighted by atomic mass is 9.87. The largest absolute Gasteiger partial charge is 0.511 e. The van der Waals surface area contributed by atoms with Gasteiger partial charge in [-0.1, -0.05) is 62.4 Å². The van der Waals surface area contributed by atoms with Crippen molar-refractivity contribution in [3.8, 4) is 5.75 Å². The molecule has 0 bridgehead atoms. The number of hydrogen-bond donors (Lipinski definition) is 0. The fourth-order valence-electron chi connectivity index (χ4n) is 3.42. The van der Waals surface area contributed by atoms with E-state index in [0.29, 0.717) is 0 Å². The Morgan fingerprint density at radius 2 is 1.36 bits per heavy atom. The van der Waals surface area contributed by atoms with Crippen LogP contribution in [0.4, 0.5) is 4.79 Å². The van der Waals surface area contributed by atoms with Gasteiger partial charge in [-0.15, -0.1) is 0 Å². The lowest BCUT2D eigenvalue weighted by Gasteiger charge is -2.32. The standard InChI is InChI=1S/C28H38O12S2/c1-21(2)37-27(30)39-22(3)38-26(29)25(35-19-23-13-8-6-9-14-23)28(4,5)20-36-41(31,32)17-12-18-42(33,34)40-24-15-10-7-11-16-24/h6-11,13-16,21-22,25H,12,17-20H2,1-5H3/t22?,25-/m0/s1. The molecule has 0 saturated heterocycles. The van der Waals surface area contributed by atoms with Crippen molar-refractivity contribution in [1.82, 2.24) is 0 Å². The molecule has 0 aliphatic carbocycles. The molecule has 42 heavy (non-hydrogen) atoms. The minimum atomic E-state index is -4.20. The maximum atomic E-state index is 13.1. The Kier molecular flexibility index (Phi) is 13.2. The molecular weight excluding hydrogens is 592 g/mol. The fourth-order valence-corrected chi connectivity index (χ4v) is 5.69. The lowest BCUT2D eigenvalue weighted by molar-refractivity contribution is -0.191. The number of hydrogen-bond acceptors (Lipinski definition) is 12. The van der Waals surface area contributed by atoms with Gasteiger partial charge in [-0.2, -0.15) is 16.8 Å². The van der Waals surface area contributed by atoms with Crippen LogP contribution < -0.4 is 4.18 Å². The normalized spacial score (nSPS) is 13.7. The average Bonchev–Trinajstić information content (AvgIpc) is 2.87. The molecule has 12 nitrogen and oxygen atoms in total. The van der Waals surface area contributed by atoms with Crippen LogP contribution in [0, 0.1) is 5.41 Å². The van der Waals surface area contributed by atoms with E-state index in [1.165, 1.54) is 32.9 Å². The van der Waals surface area contributed by atoms with Crippen LogP contribution in [0.15, 0.2) is 60.7 Å². The second-order valence-electron chi connectivity index (χ2n) is 10.2. The summed E-state index contributed by atoms with van der Waals surface area (Å²) in [5, 5.41) is 0. The molecule has 1 unspecified atom stereocenters. The zero-order valence-corrected chi connectivity index (χ0v) is 25.9. The van der Waals surface area contributed by atoms with E-state index in [1.54, 1.807) is 56.3 Å². The molecule has 234 valence electrons. The van der Waals surface area contributed by atoms with Crippen molar-refractivity contribution < 1.29 is 53.7 Å². The van der Waals surface area contributed by atoms with Gasteiger partial charge in [-0.3, -0.25) is 4.18 Å². The third-order valence-corrected chi connectivity index (χ3v) is 7.93. The minimum absolute atomic E-state index is 0.0132. The highest BCUT2D eigenvalue weighted by molar-refractivity contribution is 7.87. The molecule has 0 heterocycles. The van der Waals surface area contributed by atoms with Crippen molar-refractivity contribution >= 4 is 32.4 Å². The summed E-state index contributed by atoms with van der Waals surface area (Å²) < 4.78 is 80.6. The predicted octanol–water partition coefficient (Wildman–Crippen LogP) is 4.19. The van der Waals surface area contributed by atoms with Gasteiger partial charge in [0, 0.05) is 12.3 Å². The van der Waals surface area contributed by atoms with Crippen molar-refractivity contribution in [1.29, 1.82) is 0 Å². The molecule has 14 heteroatoms. The van der Waals surface area contributed by atoms with Gasteiger partial charge in [0.2, 0.25) is 6.29 Å². The van der Waals surface area contributed by atoms with E-state index >= 15 is 0 Å². The van der Waals surface area contributed by atoms with Crippen LogP contribution in [-0.4, -0.2) is 65.6 Å². The van der Waals surface area contributed by atoms with Crippen LogP contribution in [0.1, 0.15) is 46.6 Å². The van der Waals surface area contributed by atoms with Crippen LogP contribution in [0.3, 0.4) is 0 Å². The summed E-state index contributed by atoms with van der Waals surface area (Å²) in [5.74, 6) is -1.97. The van der Waals surface area contributed by atoms with E-state index in [2.05, 4.69) is 0 Å². The summed E-state index contributed by atoms with van der Waals surface area (Å²) in [6.45, 7) is 7.13. The second kappa shape index (κ2) is 15.9. The third kappa shape index (κ3) is 13.2. The molecule has 0 radical (unpaired) electrons. The maximum absolute atomic E-state index is 13.1. The number of ether oxygens (including phenoxy) is 4. The molecule has 2 atom stereocenters. The van der Waals surface area contributed by atoms with Crippen LogP contribution in [0.25, 0.3) is 0 Å². The number of esters is 1. The lowest BCUT2D eigenvalue weighted by Crippen LogP contribution is -2.44. The maximum Gasteiger partial charge on any atom is 0.511 e. The van der Waals surface area contributed by atoms with Gasteiger partial charge >= 0.3 is 22.2 Å². The summed E-state index contributed by atoms with van der Waals surface area (Å²) in [6.07, 6.45) is -4.43. The van der Waals surface area contributed by atoms with Gasteiger partial charge in [-0.05, 0) is 38.0 Å². The Bertz CT molecular complexity index is 1340. The first-order valence-corrected chi connectivity index (χ1v) is 16.3. The summed E-state index contributed by atoms with van der Waals surface area (Å²) in [7, 11) is -8.23. The Morgan fingerprint density at radius 1 is 0.786 bits per heavy atom. The molecule has 0 saturated carbocycles. The molecule has 0 fully saturated rings. The smallest absolute Gasteiger partial charge is 0.431 e. The predicted molar refractivity (Wildman–Crippen MR) is 152 cm³/mol. The molecular formula is C28H38O12S2. The SMILES string of the molecule is CC(C)OC(=O)OC(C)OC(=O)[C@H](OCc1ccccc1)C(C)(C)COS(=O)(=O)CCCS(=O)(=O)Oc1ccccc1.